The lowest BCUT2D eigenvalue weighted by Gasteiger charge is -2.10. The number of aryl methyl sites for hydroxylation is 3. The van der Waals surface area contributed by atoms with E-state index in [2.05, 4.69) is 53.0 Å². The smallest absolute Gasteiger partial charge is 0.272 e. The number of nitrogens with one attached hydrogen (secondary N) is 2. The van der Waals surface area contributed by atoms with Crippen molar-refractivity contribution in [2.45, 2.75) is 40.7 Å². The summed E-state index contributed by atoms with van der Waals surface area (Å²) in [5, 5.41) is 6.56. The van der Waals surface area contributed by atoms with Crippen LogP contribution >= 0.6 is 0 Å². The van der Waals surface area contributed by atoms with Crippen molar-refractivity contribution in [1.82, 2.24) is 9.55 Å². The quantitative estimate of drug-likeness (QED) is 0.305. The van der Waals surface area contributed by atoms with E-state index in [0.29, 0.717) is 18.8 Å². The summed E-state index contributed by atoms with van der Waals surface area (Å²) in [5.41, 5.74) is 6.96. The maximum Gasteiger partial charge on any atom is 0.272 e. The van der Waals surface area contributed by atoms with Gasteiger partial charge in [-0.05, 0) is 68.7 Å². The minimum atomic E-state index is -0.104. The largest absolute Gasteiger partial charge is 0.494 e. The number of carbonyl (C=O) groups is 1. The maximum atomic E-state index is 13.4. The highest BCUT2D eigenvalue weighted by molar-refractivity contribution is 6.12. The molecule has 0 spiro atoms. The van der Waals surface area contributed by atoms with Gasteiger partial charge in [-0.1, -0.05) is 31.2 Å². The number of amides is 1. The number of H-pyrrole nitrogens is 1. The second kappa shape index (κ2) is 8.32. The van der Waals surface area contributed by atoms with Crippen LogP contribution < -0.4 is 10.1 Å². The first kappa shape index (κ1) is 21.1. The Labute approximate surface area is 193 Å². The molecule has 168 valence electrons. The zero-order chi connectivity index (χ0) is 23.1. The molecule has 5 heteroatoms. The Morgan fingerprint density at radius 2 is 1.85 bits per heavy atom. The van der Waals surface area contributed by atoms with Crippen molar-refractivity contribution in [2.75, 3.05) is 11.9 Å². The number of hydrogen-bond donors (Lipinski definition) is 2. The minimum absolute atomic E-state index is 0.104. The van der Waals surface area contributed by atoms with E-state index in [4.69, 9.17) is 4.74 Å². The van der Waals surface area contributed by atoms with Crippen LogP contribution in [0.15, 0.2) is 54.6 Å². The fourth-order valence-electron chi connectivity index (χ4n) is 4.93. The van der Waals surface area contributed by atoms with E-state index >= 15 is 0 Å². The number of aromatic amines is 1. The van der Waals surface area contributed by atoms with Crippen molar-refractivity contribution in [3.63, 3.8) is 0 Å². The van der Waals surface area contributed by atoms with Gasteiger partial charge in [-0.15, -0.1) is 0 Å². The van der Waals surface area contributed by atoms with Gasteiger partial charge < -0.3 is 19.6 Å². The Hall–Kier alpha value is -3.73. The lowest BCUT2D eigenvalue weighted by atomic mass is 10.1. The van der Waals surface area contributed by atoms with E-state index in [0.717, 1.165) is 39.8 Å². The van der Waals surface area contributed by atoms with Gasteiger partial charge in [0.05, 0.1) is 6.61 Å². The number of para-hydroxylation sites is 1. The third kappa shape index (κ3) is 3.44. The molecule has 3 aromatic carbocycles. The number of fused-ring (bicyclic) bond motifs is 4. The van der Waals surface area contributed by atoms with E-state index in [1.54, 1.807) is 0 Å². The summed E-state index contributed by atoms with van der Waals surface area (Å²) in [6.45, 7) is 9.53. The highest BCUT2D eigenvalue weighted by Gasteiger charge is 2.20. The molecular formula is C28H29N3O2. The van der Waals surface area contributed by atoms with Crippen molar-refractivity contribution in [3.05, 3.63) is 71.4 Å². The lowest BCUT2D eigenvalue weighted by molar-refractivity contribution is 0.101. The highest BCUT2D eigenvalue weighted by Crippen LogP contribution is 2.32. The maximum absolute atomic E-state index is 13.4. The first-order chi connectivity index (χ1) is 16.0. The molecule has 2 heterocycles. The molecule has 0 aliphatic carbocycles. The van der Waals surface area contributed by atoms with Crippen LogP contribution in [-0.2, 0) is 13.0 Å². The molecule has 5 nitrogen and oxygen atoms in total. The van der Waals surface area contributed by atoms with Crippen LogP contribution in [0.5, 0.6) is 5.75 Å². The Bertz CT molecular complexity index is 1510. The molecule has 2 aromatic heterocycles. The first-order valence-electron chi connectivity index (χ1n) is 11.7. The SMILES string of the molecule is CCOc1ccc2c(c1)c(C)c(C(=O)Nc1ccc3c(c1)[nH]c1c(CC)cccc13)n2CC. The molecule has 0 saturated heterocycles. The van der Waals surface area contributed by atoms with Gasteiger partial charge in [0.15, 0.2) is 0 Å². The second-order valence-electron chi connectivity index (χ2n) is 8.36. The molecule has 0 saturated carbocycles. The molecule has 33 heavy (non-hydrogen) atoms. The lowest BCUT2D eigenvalue weighted by Crippen LogP contribution is -2.17. The van der Waals surface area contributed by atoms with Crippen LogP contribution in [0.25, 0.3) is 32.7 Å². The molecule has 0 aliphatic rings. The van der Waals surface area contributed by atoms with Gasteiger partial charge in [-0.25, -0.2) is 0 Å². The molecule has 2 N–H and O–H groups in total. The number of benzene rings is 3. The zero-order valence-electron chi connectivity index (χ0n) is 19.6. The summed E-state index contributed by atoms with van der Waals surface area (Å²) in [5.74, 6) is 0.720. The van der Waals surface area contributed by atoms with E-state index in [9.17, 15) is 4.79 Å². The van der Waals surface area contributed by atoms with Crippen molar-refractivity contribution < 1.29 is 9.53 Å². The van der Waals surface area contributed by atoms with Crippen LogP contribution in [0.1, 0.15) is 42.4 Å². The summed E-state index contributed by atoms with van der Waals surface area (Å²) in [6, 6.07) is 18.5. The molecule has 0 fully saturated rings. The second-order valence-corrected chi connectivity index (χ2v) is 8.36. The van der Waals surface area contributed by atoms with Gasteiger partial charge in [-0.3, -0.25) is 4.79 Å². The molecular weight excluding hydrogens is 410 g/mol. The van der Waals surface area contributed by atoms with Gasteiger partial charge in [0.2, 0.25) is 0 Å². The Kier molecular flexibility index (Phi) is 5.33. The van der Waals surface area contributed by atoms with Crippen LogP contribution in [0.2, 0.25) is 0 Å². The summed E-state index contributed by atoms with van der Waals surface area (Å²) in [7, 11) is 0. The van der Waals surface area contributed by atoms with Crippen LogP contribution in [-0.4, -0.2) is 22.1 Å². The molecule has 0 atom stereocenters. The molecule has 0 radical (unpaired) electrons. The van der Waals surface area contributed by atoms with Crippen LogP contribution in [0.4, 0.5) is 5.69 Å². The van der Waals surface area contributed by atoms with Crippen molar-refractivity contribution >= 4 is 44.3 Å². The average Bonchev–Trinajstić information content (AvgIpc) is 3.33. The summed E-state index contributed by atoms with van der Waals surface area (Å²) >= 11 is 0. The Morgan fingerprint density at radius 1 is 1.00 bits per heavy atom. The van der Waals surface area contributed by atoms with Crippen LogP contribution in [0, 0.1) is 6.92 Å². The zero-order valence-corrected chi connectivity index (χ0v) is 19.6. The van der Waals surface area contributed by atoms with E-state index < -0.39 is 0 Å². The van der Waals surface area contributed by atoms with Gasteiger partial charge in [0, 0.05) is 44.9 Å². The summed E-state index contributed by atoms with van der Waals surface area (Å²) in [4.78, 5) is 17.0. The number of nitrogens with zero attached hydrogens (tertiary/aromatic N) is 1. The number of aromatic nitrogens is 2. The van der Waals surface area contributed by atoms with Gasteiger partial charge in [-0.2, -0.15) is 0 Å². The van der Waals surface area contributed by atoms with Crippen LogP contribution in [0.3, 0.4) is 0 Å². The van der Waals surface area contributed by atoms with Gasteiger partial charge >= 0.3 is 0 Å². The standard InChI is InChI=1S/C28H29N3O2/c1-5-18-9-8-10-22-21-13-11-19(15-24(21)30-26(18)22)29-28(32)27-17(4)23-16-20(33-7-3)12-14-25(23)31(27)6-2/h8-16,30H,5-7H2,1-4H3,(H,29,32). The van der Waals surface area contributed by atoms with Gasteiger partial charge in [0.1, 0.15) is 11.4 Å². The van der Waals surface area contributed by atoms with E-state index in [1.165, 1.54) is 21.9 Å². The minimum Gasteiger partial charge on any atom is -0.494 e. The summed E-state index contributed by atoms with van der Waals surface area (Å²) in [6.07, 6.45) is 0.972. The summed E-state index contributed by atoms with van der Waals surface area (Å²) < 4.78 is 7.75. The van der Waals surface area contributed by atoms with E-state index in [1.807, 2.05) is 44.2 Å². The number of hydrogen-bond acceptors (Lipinski definition) is 2. The molecule has 5 rings (SSSR count). The normalized spacial score (nSPS) is 11.5. The molecule has 0 aliphatic heterocycles. The number of ether oxygens (including phenoxy) is 1. The molecule has 0 unspecified atom stereocenters. The van der Waals surface area contributed by atoms with Crippen molar-refractivity contribution in [1.29, 1.82) is 0 Å². The number of carbonyl (C=O) groups excluding carboxylic acids is 1. The fraction of sp³-hybridized carbons (Fsp3) is 0.250. The average molecular weight is 440 g/mol. The molecule has 1 amide bonds. The van der Waals surface area contributed by atoms with Crippen molar-refractivity contribution in [3.8, 4) is 5.75 Å². The molecule has 0 bridgehead atoms. The Balaban J connectivity index is 1.54. The monoisotopic (exact) mass is 439 g/mol. The molecule has 5 aromatic rings. The van der Waals surface area contributed by atoms with Gasteiger partial charge in [0.25, 0.3) is 5.91 Å². The first-order valence-corrected chi connectivity index (χ1v) is 11.7. The predicted octanol–water partition coefficient (Wildman–Crippen LogP) is 6.82. The Morgan fingerprint density at radius 3 is 2.61 bits per heavy atom. The third-order valence-electron chi connectivity index (χ3n) is 6.49. The third-order valence-corrected chi connectivity index (χ3v) is 6.49. The fourth-order valence-corrected chi connectivity index (χ4v) is 4.93. The van der Waals surface area contributed by atoms with E-state index in [-0.39, 0.29) is 5.91 Å². The topological polar surface area (TPSA) is 59.0 Å². The van der Waals surface area contributed by atoms with Crippen molar-refractivity contribution in [2.24, 2.45) is 0 Å². The highest BCUT2D eigenvalue weighted by atomic mass is 16.5. The number of anilines is 1. The number of rotatable bonds is 6. The predicted molar refractivity (Wildman–Crippen MR) is 137 cm³/mol.